The third-order valence-corrected chi connectivity index (χ3v) is 29.0. The number of carbonyl (C=O) groups excluding carboxylic acids is 6. The van der Waals surface area contributed by atoms with E-state index in [0.717, 1.165) is 120 Å². The van der Waals surface area contributed by atoms with Gasteiger partial charge >= 0.3 is 35.8 Å². The highest BCUT2D eigenvalue weighted by molar-refractivity contribution is 5.76. The standard InChI is InChI=1S/C26H40O4.C25H38O4.C24H36O4.6CH4/c1-4-15(3)24(27)29-21-14-17-13-20(21)23-18-11-16(22(17)23)12-19(18)25(28)30-26(5-2)9-7-6-8-10-26;1-4-14(2)23(26)28-20-13-16-12-19(20)22-17-10-15(21(16)22)11-18(17)24(27)29-25(3)8-6-5-7-9-25;1-4-13(2)22(25)27-19-12-15-11-18(19)21-16-9-14(20(15)21)10-17(16)23(26)28-24(3)7-5-6-8-24;;;;;;/h15-23H,4-14H2,1-3H3;14-22H,4-13H2,1-3H3;13-21H,4-12H2,1-3H3;6*1H4. The van der Waals surface area contributed by atoms with Gasteiger partial charge in [-0.2, -0.15) is 0 Å². The van der Waals surface area contributed by atoms with Gasteiger partial charge in [0.25, 0.3) is 0 Å². The van der Waals surface area contributed by atoms with Crippen LogP contribution in [0.1, 0.15) is 299 Å². The molecule has 0 N–H and O–H groups in total. The highest BCUT2D eigenvalue weighted by Crippen LogP contribution is 2.72. The number of hydrogen-bond donors (Lipinski definition) is 0. The van der Waals surface area contributed by atoms with Gasteiger partial charge in [-0.05, 0) is 300 Å². The van der Waals surface area contributed by atoms with Gasteiger partial charge in [0.05, 0.1) is 35.5 Å². The first-order chi connectivity index (χ1) is 41.8. The Morgan fingerprint density at radius 2 is 0.591 bits per heavy atom. The van der Waals surface area contributed by atoms with Gasteiger partial charge in [0, 0.05) is 0 Å². The molecule has 12 nitrogen and oxygen atoms in total. The number of carbonyl (C=O) groups is 6. The molecule has 0 aromatic rings. The Kier molecular flexibility index (Phi) is 25.3. The van der Waals surface area contributed by atoms with Gasteiger partial charge < -0.3 is 28.4 Å². The molecule has 15 saturated carbocycles. The molecule has 0 radical (unpaired) electrons. The Morgan fingerprint density at radius 1 is 0.333 bits per heavy atom. The van der Waals surface area contributed by atoms with E-state index in [2.05, 4.69) is 20.8 Å². The first-order valence-electron chi connectivity index (χ1n) is 37.1. The molecule has 0 aromatic carbocycles. The summed E-state index contributed by atoms with van der Waals surface area (Å²) in [5.74, 6) is 11.6. The molecular weight excluding hydrogens is 1160 g/mol. The average molecular weight is 1300 g/mol. The summed E-state index contributed by atoms with van der Waals surface area (Å²) >= 11 is 0. The van der Waals surface area contributed by atoms with Crippen molar-refractivity contribution in [1.29, 1.82) is 0 Å². The van der Waals surface area contributed by atoms with Crippen molar-refractivity contribution >= 4 is 35.8 Å². The zero-order valence-corrected chi connectivity index (χ0v) is 55.2. The van der Waals surface area contributed by atoms with Crippen LogP contribution in [0.2, 0.25) is 0 Å². The fourth-order valence-electron chi connectivity index (χ4n) is 24.4. The topological polar surface area (TPSA) is 158 Å². The van der Waals surface area contributed by atoms with E-state index in [4.69, 9.17) is 28.4 Å². The summed E-state index contributed by atoms with van der Waals surface area (Å²) in [6.07, 6.45) is 33.1. The lowest BCUT2D eigenvalue weighted by molar-refractivity contribution is -0.174. The normalized spacial score (nSPS) is 42.0. The molecule has 0 amide bonds. The average Bonchev–Trinajstić information content (AvgIpc) is 1.58. The lowest BCUT2D eigenvalue weighted by Gasteiger charge is -2.42. The minimum atomic E-state index is -0.237. The number of ether oxygens (including phenoxy) is 6. The minimum Gasteiger partial charge on any atom is -0.462 e. The second-order valence-electron chi connectivity index (χ2n) is 33.5. The fourth-order valence-corrected chi connectivity index (χ4v) is 24.4. The first kappa shape index (κ1) is 77.2. The predicted octanol–water partition coefficient (Wildman–Crippen LogP) is 19.2. The Bertz CT molecular complexity index is 2540. The molecule has 12 heteroatoms. The zero-order valence-electron chi connectivity index (χ0n) is 55.2. The van der Waals surface area contributed by atoms with Crippen molar-refractivity contribution in [2.45, 2.75) is 335 Å². The summed E-state index contributed by atoms with van der Waals surface area (Å²) in [6, 6.07) is 0. The van der Waals surface area contributed by atoms with E-state index >= 15 is 0 Å². The van der Waals surface area contributed by atoms with Gasteiger partial charge in [-0.1, -0.05) is 106 Å². The number of esters is 6. The highest BCUT2D eigenvalue weighted by atomic mass is 16.6. The second kappa shape index (κ2) is 30.5. The molecule has 12 bridgehead atoms. The molecule has 15 aliphatic rings. The Balaban J connectivity index is 0.000000192. The van der Waals surface area contributed by atoms with E-state index in [1.54, 1.807) is 0 Å². The molecule has 27 atom stereocenters. The molecule has 0 aliphatic heterocycles. The number of rotatable bonds is 16. The second-order valence-corrected chi connectivity index (χ2v) is 33.5. The van der Waals surface area contributed by atoms with Crippen LogP contribution in [0.5, 0.6) is 0 Å². The maximum absolute atomic E-state index is 13.3. The summed E-state index contributed by atoms with van der Waals surface area (Å²) in [5, 5.41) is 0. The SMILES string of the molecule is C.C.C.C.C.C.CCC(C)C(=O)OC1CC2CC1C1C3CC(CC3C(=O)OC3(C)CCCC3)C21.CCC(C)C(=O)OC1CC2CC1C1C3CC(CC3C(=O)OC3(C)CCCCC3)C21.CCC(C)C(=O)OC1CC2CC1C1C3CC(CC3C(=O)OC3(CC)CCCCC3)C21. The van der Waals surface area contributed by atoms with E-state index < -0.39 is 0 Å². The van der Waals surface area contributed by atoms with Crippen LogP contribution in [0, 0.1) is 142 Å². The fraction of sp³-hybridized carbons (Fsp3) is 0.926. The van der Waals surface area contributed by atoms with E-state index in [9.17, 15) is 28.8 Å². The summed E-state index contributed by atoms with van der Waals surface area (Å²) in [5.41, 5.74) is -0.652. The Morgan fingerprint density at radius 3 is 0.882 bits per heavy atom. The molecule has 93 heavy (non-hydrogen) atoms. The molecular formula is C81H138O12. The molecule has 15 rings (SSSR count). The van der Waals surface area contributed by atoms with Crippen molar-refractivity contribution in [2.24, 2.45) is 142 Å². The lowest BCUT2D eigenvalue weighted by Crippen LogP contribution is -2.44. The largest absolute Gasteiger partial charge is 0.462 e. The molecule has 15 fully saturated rings. The van der Waals surface area contributed by atoms with Crippen LogP contribution in [-0.2, 0) is 57.2 Å². The van der Waals surface area contributed by atoms with E-state index in [0.29, 0.717) is 88.8 Å². The minimum absolute atomic E-state index is 0. The third-order valence-electron chi connectivity index (χ3n) is 29.0. The Hall–Kier alpha value is -3.18. The smallest absolute Gasteiger partial charge is 0.309 e. The van der Waals surface area contributed by atoms with E-state index in [-0.39, 0.29) is 151 Å². The van der Waals surface area contributed by atoms with Crippen LogP contribution < -0.4 is 0 Å². The van der Waals surface area contributed by atoms with E-state index in [1.807, 2.05) is 41.5 Å². The molecule has 27 unspecified atom stereocenters. The lowest BCUT2D eigenvalue weighted by atomic mass is 9.66. The van der Waals surface area contributed by atoms with Crippen LogP contribution in [0.4, 0.5) is 0 Å². The molecule has 0 aromatic heterocycles. The third kappa shape index (κ3) is 14.1. The summed E-state index contributed by atoms with van der Waals surface area (Å²) < 4.78 is 36.5. The maximum atomic E-state index is 13.3. The van der Waals surface area contributed by atoms with Crippen molar-refractivity contribution in [2.75, 3.05) is 0 Å². The van der Waals surface area contributed by atoms with Crippen molar-refractivity contribution < 1.29 is 57.2 Å². The molecule has 0 heterocycles. The van der Waals surface area contributed by atoms with Crippen LogP contribution in [-0.4, -0.2) is 70.9 Å². The number of hydrogen-bond acceptors (Lipinski definition) is 12. The van der Waals surface area contributed by atoms with Gasteiger partial charge in [0.1, 0.15) is 35.1 Å². The van der Waals surface area contributed by atoms with Crippen LogP contribution >= 0.6 is 0 Å². The van der Waals surface area contributed by atoms with Crippen molar-refractivity contribution in [3.05, 3.63) is 0 Å². The maximum Gasteiger partial charge on any atom is 0.309 e. The van der Waals surface area contributed by atoms with Crippen molar-refractivity contribution in [1.82, 2.24) is 0 Å². The molecule has 15 aliphatic carbocycles. The highest BCUT2D eigenvalue weighted by Gasteiger charge is 2.70. The number of fused-ring (bicyclic) bond motifs is 27. The van der Waals surface area contributed by atoms with Gasteiger partial charge in [-0.15, -0.1) is 0 Å². The predicted molar refractivity (Wildman–Crippen MR) is 370 cm³/mol. The van der Waals surface area contributed by atoms with Crippen molar-refractivity contribution in [3.63, 3.8) is 0 Å². The van der Waals surface area contributed by atoms with Crippen LogP contribution in [0.15, 0.2) is 0 Å². The van der Waals surface area contributed by atoms with Gasteiger partial charge in [0.15, 0.2) is 0 Å². The van der Waals surface area contributed by atoms with Crippen LogP contribution in [0.3, 0.4) is 0 Å². The van der Waals surface area contributed by atoms with Gasteiger partial charge in [-0.3, -0.25) is 28.8 Å². The monoisotopic (exact) mass is 1300 g/mol. The van der Waals surface area contributed by atoms with Gasteiger partial charge in [-0.25, -0.2) is 0 Å². The van der Waals surface area contributed by atoms with E-state index in [1.165, 1.54) is 89.9 Å². The molecule has 0 saturated heterocycles. The quantitative estimate of drug-likeness (QED) is 0.0819. The summed E-state index contributed by atoms with van der Waals surface area (Å²) in [6.45, 7) is 18.5. The Labute approximate surface area is 567 Å². The summed E-state index contributed by atoms with van der Waals surface area (Å²) in [4.78, 5) is 76.8. The summed E-state index contributed by atoms with van der Waals surface area (Å²) in [7, 11) is 0. The van der Waals surface area contributed by atoms with Crippen molar-refractivity contribution in [3.8, 4) is 0 Å². The molecule has 534 valence electrons. The first-order valence-corrected chi connectivity index (χ1v) is 37.1. The molecule has 0 spiro atoms. The van der Waals surface area contributed by atoms with Crippen LogP contribution in [0.25, 0.3) is 0 Å². The van der Waals surface area contributed by atoms with Gasteiger partial charge in [0.2, 0.25) is 0 Å². The zero-order chi connectivity index (χ0) is 61.0.